The Morgan fingerprint density at radius 3 is 2.58 bits per heavy atom. The van der Waals surface area contributed by atoms with Crippen molar-refractivity contribution < 1.29 is 29.0 Å². The van der Waals surface area contributed by atoms with Crippen LogP contribution in [-0.4, -0.2) is 53.0 Å². The molecule has 1 saturated heterocycles. The van der Waals surface area contributed by atoms with Crippen molar-refractivity contribution in [2.75, 3.05) is 11.4 Å². The van der Waals surface area contributed by atoms with Crippen molar-refractivity contribution in [3.63, 3.8) is 0 Å². The molecule has 1 aromatic rings. The largest absolute Gasteiger partial charge is 0.508 e. The molecule has 1 aromatic carbocycles. The summed E-state index contributed by atoms with van der Waals surface area (Å²) >= 11 is 0. The van der Waals surface area contributed by atoms with E-state index in [4.69, 9.17) is 4.74 Å². The summed E-state index contributed by atoms with van der Waals surface area (Å²) in [7, 11) is 0. The van der Waals surface area contributed by atoms with E-state index in [2.05, 4.69) is 16.7 Å². The van der Waals surface area contributed by atoms with E-state index in [1.807, 2.05) is 13.8 Å². The van der Waals surface area contributed by atoms with Crippen LogP contribution in [0.15, 0.2) is 18.2 Å². The Morgan fingerprint density at radius 1 is 1.29 bits per heavy atom. The number of amides is 3. The van der Waals surface area contributed by atoms with Crippen LogP contribution in [0.1, 0.15) is 65.9 Å². The molecule has 2 aliphatic rings. The van der Waals surface area contributed by atoms with E-state index in [1.54, 1.807) is 32.9 Å². The number of rotatable bonds is 9. The molecule has 2 aliphatic heterocycles. The zero-order valence-electron chi connectivity index (χ0n) is 22.7. The highest BCUT2D eigenvalue weighted by molar-refractivity contribution is 6.02. The molecular weight excluding hydrogens is 488 g/mol. The lowest BCUT2D eigenvalue weighted by Gasteiger charge is -2.29. The molecule has 3 amide bonds. The van der Waals surface area contributed by atoms with E-state index < -0.39 is 35.6 Å². The molecule has 4 atom stereocenters. The van der Waals surface area contributed by atoms with Gasteiger partial charge in [0.05, 0.1) is 11.8 Å². The number of nitrogens with one attached hydrogen (secondary N) is 2. The summed E-state index contributed by atoms with van der Waals surface area (Å²) in [6, 6.07) is 5.02. The summed E-state index contributed by atoms with van der Waals surface area (Å²) in [5, 5.41) is 25.5. The third-order valence-corrected chi connectivity index (χ3v) is 6.79. The van der Waals surface area contributed by atoms with Crippen LogP contribution in [-0.2, 0) is 25.5 Å². The minimum atomic E-state index is -0.940. The molecule has 0 bridgehead atoms. The molecule has 0 aromatic heterocycles. The number of hydrogen-bond donors (Lipinski definition) is 3. The van der Waals surface area contributed by atoms with Gasteiger partial charge in [-0.1, -0.05) is 19.9 Å². The van der Waals surface area contributed by atoms with Crippen LogP contribution in [0.3, 0.4) is 0 Å². The van der Waals surface area contributed by atoms with Gasteiger partial charge in [-0.2, -0.15) is 5.26 Å². The maximum atomic E-state index is 13.6. The number of benzene rings is 1. The van der Waals surface area contributed by atoms with Gasteiger partial charge in [0.15, 0.2) is 5.78 Å². The Balaban J connectivity index is 1.79. The second kappa shape index (κ2) is 11.8. The van der Waals surface area contributed by atoms with Crippen LogP contribution >= 0.6 is 0 Å². The van der Waals surface area contributed by atoms with E-state index in [0.717, 1.165) is 0 Å². The first-order chi connectivity index (χ1) is 17.8. The number of hydrogen-bond acceptors (Lipinski definition) is 7. The summed E-state index contributed by atoms with van der Waals surface area (Å²) in [5.41, 5.74) is 0.0788. The molecule has 0 aliphatic carbocycles. The molecule has 0 saturated carbocycles. The summed E-state index contributed by atoms with van der Waals surface area (Å²) in [4.78, 5) is 53.3. The number of ketones is 1. The van der Waals surface area contributed by atoms with Gasteiger partial charge in [-0.25, -0.2) is 4.79 Å². The molecular formula is C28H38N4O6. The van der Waals surface area contributed by atoms with Gasteiger partial charge in [0.2, 0.25) is 11.8 Å². The van der Waals surface area contributed by atoms with Crippen molar-refractivity contribution >= 4 is 29.4 Å². The Hall–Kier alpha value is -3.61. The van der Waals surface area contributed by atoms with Crippen molar-refractivity contribution in [1.29, 1.82) is 5.26 Å². The lowest BCUT2D eigenvalue weighted by atomic mass is 9.88. The molecule has 3 rings (SSSR count). The standard InChI is InChI=1S/C28H38N4O6/c1-16(2)11-18(26(36)31-19(15-29)12-17-9-10-30-25(17)35)13-24(34)22-14-20-21(7-6-8-23(20)33)32(22)27(37)38-28(3,4)5/h6-8,16-19,22,33H,9-14H2,1-5H3,(H,30,35)(H,31,36)/t17?,18-,19?,22?/m1/s1. The van der Waals surface area contributed by atoms with Crippen molar-refractivity contribution in [2.24, 2.45) is 17.8 Å². The summed E-state index contributed by atoms with van der Waals surface area (Å²) < 4.78 is 5.56. The molecule has 3 unspecified atom stereocenters. The Morgan fingerprint density at radius 2 is 2.00 bits per heavy atom. The summed E-state index contributed by atoms with van der Waals surface area (Å²) in [6.45, 7) is 9.60. The van der Waals surface area contributed by atoms with Crippen LogP contribution in [0, 0.1) is 29.1 Å². The van der Waals surface area contributed by atoms with E-state index in [0.29, 0.717) is 30.6 Å². The van der Waals surface area contributed by atoms with Crippen molar-refractivity contribution in [3.8, 4) is 11.8 Å². The lowest BCUT2D eigenvalue weighted by Crippen LogP contribution is -2.47. The molecule has 0 radical (unpaired) electrons. The van der Waals surface area contributed by atoms with Crippen LogP contribution in [0.4, 0.5) is 10.5 Å². The SMILES string of the molecule is CC(C)C[C@H](CC(=O)C1Cc2c(O)cccc2N1C(=O)OC(C)(C)C)C(=O)NC(C#N)CC1CCNC1=O. The normalized spacial score (nSPS) is 20.3. The van der Waals surface area contributed by atoms with Gasteiger partial charge in [-0.15, -0.1) is 0 Å². The first-order valence-corrected chi connectivity index (χ1v) is 13.1. The van der Waals surface area contributed by atoms with Crippen LogP contribution < -0.4 is 15.5 Å². The van der Waals surface area contributed by atoms with Gasteiger partial charge in [0.1, 0.15) is 23.4 Å². The monoisotopic (exact) mass is 526 g/mol. The number of carbonyl (C=O) groups excluding carboxylic acids is 4. The number of ether oxygens (including phenoxy) is 1. The molecule has 38 heavy (non-hydrogen) atoms. The molecule has 10 nitrogen and oxygen atoms in total. The average molecular weight is 527 g/mol. The van der Waals surface area contributed by atoms with Gasteiger partial charge in [0.25, 0.3) is 0 Å². The number of phenols is 1. The van der Waals surface area contributed by atoms with Crippen molar-refractivity contribution in [1.82, 2.24) is 10.6 Å². The Labute approximate surface area is 223 Å². The summed E-state index contributed by atoms with van der Waals surface area (Å²) in [5.74, 6) is -1.89. The first-order valence-electron chi connectivity index (χ1n) is 13.1. The second-order valence-electron chi connectivity index (χ2n) is 11.5. The van der Waals surface area contributed by atoms with Gasteiger partial charge in [-0.3, -0.25) is 19.3 Å². The topological polar surface area (TPSA) is 149 Å². The number of aromatic hydroxyl groups is 1. The minimum absolute atomic E-state index is 0.0179. The second-order valence-corrected chi connectivity index (χ2v) is 11.5. The third kappa shape index (κ3) is 7.03. The van der Waals surface area contributed by atoms with Crippen LogP contribution in [0.2, 0.25) is 0 Å². The minimum Gasteiger partial charge on any atom is -0.508 e. The fourth-order valence-corrected chi connectivity index (χ4v) is 5.06. The molecule has 1 fully saturated rings. The van der Waals surface area contributed by atoms with Crippen LogP contribution in [0.25, 0.3) is 0 Å². The lowest BCUT2D eigenvalue weighted by molar-refractivity contribution is -0.131. The molecule has 10 heteroatoms. The highest BCUT2D eigenvalue weighted by Crippen LogP contribution is 2.39. The number of nitriles is 1. The molecule has 206 valence electrons. The average Bonchev–Trinajstić information content (AvgIpc) is 3.41. The van der Waals surface area contributed by atoms with Gasteiger partial charge >= 0.3 is 6.09 Å². The maximum Gasteiger partial charge on any atom is 0.415 e. The van der Waals surface area contributed by atoms with Gasteiger partial charge in [-0.05, 0) is 58.1 Å². The quantitative estimate of drug-likeness (QED) is 0.447. The maximum absolute atomic E-state index is 13.6. The number of phenolic OH excluding ortho intramolecular Hbond substituents is 1. The van der Waals surface area contributed by atoms with Crippen molar-refractivity contribution in [2.45, 2.75) is 84.4 Å². The zero-order valence-corrected chi connectivity index (χ0v) is 22.7. The Bertz CT molecular complexity index is 1120. The predicted octanol–water partition coefficient (Wildman–Crippen LogP) is 3.21. The van der Waals surface area contributed by atoms with Crippen LogP contribution in [0.5, 0.6) is 5.75 Å². The highest BCUT2D eigenvalue weighted by Gasteiger charge is 2.42. The third-order valence-electron chi connectivity index (χ3n) is 6.79. The number of fused-ring (bicyclic) bond motifs is 1. The zero-order chi connectivity index (χ0) is 28.2. The number of nitrogens with zero attached hydrogens (tertiary/aromatic N) is 2. The number of anilines is 1. The highest BCUT2D eigenvalue weighted by atomic mass is 16.6. The van der Waals surface area contributed by atoms with Crippen molar-refractivity contribution in [3.05, 3.63) is 23.8 Å². The first kappa shape index (κ1) is 29.0. The Kier molecular flexibility index (Phi) is 9.02. The predicted molar refractivity (Wildman–Crippen MR) is 140 cm³/mol. The van der Waals surface area contributed by atoms with E-state index in [9.17, 15) is 29.5 Å². The molecule has 3 N–H and O–H groups in total. The fraction of sp³-hybridized carbons (Fsp3) is 0.607. The number of Topliss-reactive ketones (excluding diaryl/α,β-unsaturated/α-hetero) is 1. The number of carbonyl (C=O) groups is 4. The van der Waals surface area contributed by atoms with E-state index in [1.165, 1.54) is 11.0 Å². The van der Waals surface area contributed by atoms with Gasteiger partial charge in [0, 0.05) is 36.8 Å². The van der Waals surface area contributed by atoms with Gasteiger partial charge < -0.3 is 20.5 Å². The van der Waals surface area contributed by atoms with E-state index in [-0.39, 0.29) is 48.5 Å². The van der Waals surface area contributed by atoms with E-state index >= 15 is 0 Å². The molecule has 0 spiro atoms. The smallest absolute Gasteiger partial charge is 0.415 e. The molecule has 2 heterocycles. The summed E-state index contributed by atoms with van der Waals surface area (Å²) in [6.07, 6.45) is 0.468. The fourth-order valence-electron chi connectivity index (χ4n) is 5.06.